The van der Waals surface area contributed by atoms with Crippen LogP contribution in [0.25, 0.3) is 0 Å². The molecule has 1 unspecified atom stereocenters. The van der Waals surface area contributed by atoms with E-state index >= 15 is 0 Å². The van der Waals surface area contributed by atoms with Gasteiger partial charge >= 0.3 is 17.9 Å². The Hall–Kier alpha value is -4.97. The molecule has 0 aliphatic carbocycles. The highest BCUT2D eigenvalue weighted by molar-refractivity contribution is 5.71. The first-order valence-corrected chi connectivity index (χ1v) is 26.5. The number of hydrogen-bond acceptors (Lipinski definition) is 6. The molecule has 0 fully saturated rings. The van der Waals surface area contributed by atoms with Crippen LogP contribution >= 0.6 is 0 Å². The van der Waals surface area contributed by atoms with Crippen molar-refractivity contribution in [3.8, 4) is 0 Å². The first-order chi connectivity index (χ1) is 33.5. The average Bonchev–Trinajstić information content (AvgIpc) is 3.34. The fourth-order valence-electron chi connectivity index (χ4n) is 6.30. The molecule has 0 aromatic rings. The van der Waals surface area contributed by atoms with Gasteiger partial charge in [-0.1, -0.05) is 204 Å². The molecule has 0 aliphatic rings. The normalized spacial score (nSPS) is 13.4. The van der Waals surface area contributed by atoms with Crippen molar-refractivity contribution in [2.45, 2.75) is 200 Å². The highest BCUT2D eigenvalue weighted by Crippen LogP contribution is 2.09. The Morgan fingerprint density at radius 2 is 0.588 bits per heavy atom. The number of ether oxygens (including phenoxy) is 3. The van der Waals surface area contributed by atoms with Crippen LogP contribution in [0.4, 0.5) is 0 Å². The second-order valence-electron chi connectivity index (χ2n) is 16.7. The van der Waals surface area contributed by atoms with Gasteiger partial charge in [0.05, 0.1) is 0 Å². The van der Waals surface area contributed by atoms with Crippen LogP contribution in [-0.2, 0) is 28.6 Å². The minimum Gasteiger partial charge on any atom is -0.462 e. The summed E-state index contributed by atoms with van der Waals surface area (Å²) in [5, 5.41) is 0. The first kappa shape index (κ1) is 63.0. The molecule has 68 heavy (non-hydrogen) atoms. The molecular formula is C62H94O6. The van der Waals surface area contributed by atoms with Gasteiger partial charge in [-0.15, -0.1) is 0 Å². The summed E-state index contributed by atoms with van der Waals surface area (Å²) in [4.78, 5) is 38.0. The summed E-state index contributed by atoms with van der Waals surface area (Å²) in [7, 11) is 0. The number of rotatable bonds is 45. The molecule has 0 radical (unpaired) electrons. The smallest absolute Gasteiger partial charge is 0.306 e. The lowest BCUT2D eigenvalue weighted by molar-refractivity contribution is -0.166. The third kappa shape index (κ3) is 52.0. The van der Waals surface area contributed by atoms with Crippen molar-refractivity contribution in [1.29, 1.82) is 0 Å². The minimum absolute atomic E-state index is 0.159. The van der Waals surface area contributed by atoms with Crippen molar-refractivity contribution in [3.63, 3.8) is 0 Å². The number of carbonyl (C=O) groups is 3. The van der Waals surface area contributed by atoms with Crippen LogP contribution in [0.15, 0.2) is 158 Å². The van der Waals surface area contributed by atoms with E-state index in [1.54, 1.807) is 0 Å². The molecule has 0 amide bonds. The third-order valence-electron chi connectivity index (χ3n) is 10.2. The van der Waals surface area contributed by atoms with Crippen LogP contribution in [0.2, 0.25) is 0 Å². The summed E-state index contributed by atoms with van der Waals surface area (Å²) in [5.41, 5.74) is 0. The quantitative estimate of drug-likeness (QED) is 0.0262. The zero-order valence-corrected chi connectivity index (χ0v) is 43.0. The molecule has 0 rings (SSSR count). The van der Waals surface area contributed by atoms with Crippen molar-refractivity contribution in [2.75, 3.05) is 13.2 Å². The summed E-state index contributed by atoms with van der Waals surface area (Å²) in [5.74, 6) is -1.16. The van der Waals surface area contributed by atoms with Crippen LogP contribution < -0.4 is 0 Å². The van der Waals surface area contributed by atoms with Gasteiger partial charge in [-0.3, -0.25) is 14.4 Å². The lowest BCUT2D eigenvalue weighted by Gasteiger charge is -2.18. The molecule has 0 saturated carbocycles. The molecule has 0 spiro atoms. The molecule has 0 aromatic heterocycles. The highest BCUT2D eigenvalue weighted by atomic mass is 16.6. The second kappa shape index (κ2) is 54.6. The van der Waals surface area contributed by atoms with E-state index in [4.69, 9.17) is 14.2 Å². The van der Waals surface area contributed by atoms with Gasteiger partial charge in [0.2, 0.25) is 0 Å². The molecule has 1 atom stereocenters. The zero-order valence-electron chi connectivity index (χ0n) is 43.0. The van der Waals surface area contributed by atoms with Gasteiger partial charge in [0.15, 0.2) is 6.10 Å². The molecule has 0 saturated heterocycles. The van der Waals surface area contributed by atoms with Gasteiger partial charge in [0.1, 0.15) is 13.2 Å². The van der Waals surface area contributed by atoms with Crippen molar-refractivity contribution >= 4 is 17.9 Å². The maximum absolute atomic E-state index is 12.8. The Balaban J connectivity index is 4.71. The Morgan fingerprint density at radius 3 is 0.926 bits per heavy atom. The van der Waals surface area contributed by atoms with Crippen molar-refractivity contribution in [2.24, 2.45) is 0 Å². The Morgan fingerprint density at radius 1 is 0.309 bits per heavy atom. The van der Waals surface area contributed by atoms with E-state index in [0.717, 1.165) is 83.5 Å². The molecule has 6 heteroatoms. The number of esters is 3. The molecule has 0 aliphatic heterocycles. The van der Waals surface area contributed by atoms with E-state index in [0.29, 0.717) is 19.3 Å². The monoisotopic (exact) mass is 935 g/mol. The Bertz CT molecular complexity index is 1590. The number of hydrogen-bond donors (Lipinski definition) is 0. The van der Waals surface area contributed by atoms with Gasteiger partial charge in [-0.25, -0.2) is 0 Å². The largest absolute Gasteiger partial charge is 0.462 e. The summed E-state index contributed by atoms with van der Waals surface area (Å²) < 4.78 is 16.6. The molecule has 378 valence electrons. The van der Waals surface area contributed by atoms with Crippen LogP contribution in [-0.4, -0.2) is 37.2 Å². The first-order valence-electron chi connectivity index (χ1n) is 26.5. The maximum Gasteiger partial charge on any atom is 0.306 e. The minimum atomic E-state index is -0.866. The number of carbonyl (C=O) groups excluding carboxylic acids is 3. The maximum atomic E-state index is 12.8. The zero-order chi connectivity index (χ0) is 49.3. The third-order valence-corrected chi connectivity index (χ3v) is 10.2. The van der Waals surface area contributed by atoms with E-state index < -0.39 is 18.0 Å². The lowest BCUT2D eigenvalue weighted by atomic mass is 10.2. The van der Waals surface area contributed by atoms with Crippen LogP contribution in [0, 0.1) is 0 Å². The standard InChI is InChI=1S/C62H94O6/c1-4-7-10-13-16-19-22-25-28-31-34-37-40-43-46-49-52-55-61(64)67-58-59(57-66-60(63)54-51-48-45-42-39-36-33-30-27-24-21-18-15-12-9-6-3)68-62(65)56-53-50-47-44-41-38-35-32-29-26-23-20-17-14-11-8-5-2/h9,12,16-21,25-30,34-39,43-48,59H,4-8,10-11,13-15,22-24,31-33,40-42,49-58H2,1-3H3/b12-9-,19-16-,20-17-,21-18-,28-25-,29-26-,30-27-,37-34-,38-35-,39-36-,46-43-,47-44-,48-45-. The summed E-state index contributed by atoms with van der Waals surface area (Å²) >= 11 is 0. The van der Waals surface area contributed by atoms with Crippen molar-refractivity contribution < 1.29 is 28.6 Å². The van der Waals surface area contributed by atoms with Gasteiger partial charge in [0, 0.05) is 19.3 Å². The summed E-state index contributed by atoms with van der Waals surface area (Å²) in [6.45, 7) is 6.28. The van der Waals surface area contributed by atoms with E-state index in [1.807, 2.05) is 12.2 Å². The Kier molecular flexibility index (Phi) is 50.6. The van der Waals surface area contributed by atoms with Gasteiger partial charge < -0.3 is 14.2 Å². The molecule has 6 nitrogen and oxygen atoms in total. The Labute approximate surface area is 416 Å². The molecule has 0 heterocycles. The molecule has 0 aromatic carbocycles. The van der Waals surface area contributed by atoms with Crippen LogP contribution in [0.5, 0.6) is 0 Å². The average molecular weight is 935 g/mol. The van der Waals surface area contributed by atoms with Gasteiger partial charge in [-0.2, -0.15) is 0 Å². The van der Waals surface area contributed by atoms with E-state index in [9.17, 15) is 14.4 Å². The second-order valence-corrected chi connectivity index (χ2v) is 16.7. The molecule has 0 N–H and O–H groups in total. The van der Waals surface area contributed by atoms with E-state index in [-0.39, 0.29) is 38.4 Å². The van der Waals surface area contributed by atoms with Crippen LogP contribution in [0.3, 0.4) is 0 Å². The number of unbranched alkanes of at least 4 members (excludes halogenated alkanes) is 8. The topological polar surface area (TPSA) is 78.9 Å². The van der Waals surface area contributed by atoms with E-state index in [2.05, 4.69) is 167 Å². The fraction of sp³-hybridized carbons (Fsp3) is 0.532. The fourth-order valence-corrected chi connectivity index (χ4v) is 6.30. The number of allylic oxidation sites excluding steroid dienone is 26. The SMILES string of the molecule is CC/C=C\C/C=C\C/C=C\C/C=C\C/C=C\CCC(=O)OCC(COC(=O)CCC/C=C\C/C=C\C/C=C\C/C=C\CCCCC)OC(=O)CCC/C=C\C/C=C\C/C=C\C/C=C\CCCCC. The highest BCUT2D eigenvalue weighted by Gasteiger charge is 2.19. The van der Waals surface area contributed by atoms with Crippen LogP contribution in [0.1, 0.15) is 194 Å². The summed E-state index contributed by atoms with van der Waals surface area (Å²) in [6.07, 6.45) is 79.6. The molecule has 0 bridgehead atoms. The van der Waals surface area contributed by atoms with Gasteiger partial charge in [-0.05, 0) is 128 Å². The van der Waals surface area contributed by atoms with Crippen molar-refractivity contribution in [3.05, 3.63) is 158 Å². The van der Waals surface area contributed by atoms with Crippen molar-refractivity contribution in [1.82, 2.24) is 0 Å². The predicted octanol–water partition coefficient (Wildman–Crippen LogP) is 17.8. The van der Waals surface area contributed by atoms with Gasteiger partial charge in [0.25, 0.3) is 0 Å². The molecular weight excluding hydrogens is 841 g/mol. The predicted molar refractivity (Wildman–Crippen MR) is 292 cm³/mol. The lowest BCUT2D eigenvalue weighted by Crippen LogP contribution is -2.30. The van der Waals surface area contributed by atoms with E-state index in [1.165, 1.54) is 51.4 Å². The summed E-state index contributed by atoms with van der Waals surface area (Å²) in [6, 6.07) is 0.